The van der Waals surface area contributed by atoms with Crippen molar-refractivity contribution in [3.8, 4) is 5.69 Å². The normalized spacial score (nSPS) is 20.1. The molecular weight excluding hydrogens is 319 g/mol. The number of halogens is 2. The molecule has 0 spiro atoms. The summed E-state index contributed by atoms with van der Waals surface area (Å²) < 4.78 is 15.7. The minimum atomic E-state index is -0.427. The van der Waals surface area contributed by atoms with Crippen molar-refractivity contribution >= 4 is 24.0 Å². The van der Waals surface area contributed by atoms with Gasteiger partial charge in [-0.05, 0) is 49.9 Å². The summed E-state index contributed by atoms with van der Waals surface area (Å²) in [6.45, 7) is 1.89. The highest BCUT2D eigenvalue weighted by Gasteiger charge is 2.27. The summed E-state index contributed by atoms with van der Waals surface area (Å²) in [5.41, 5.74) is 7.58. The van der Waals surface area contributed by atoms with Crippen LogP contribution in [-0.2, 0) is 4.79 Å². The van der Waals surface area contributed by atoms with Gasteiger partial charge in [-0.25, -0.2) is 9.07 Å². The molecule has 1 aliphatic rings. The minimum absolute atomic E-state index is 0. The van der Waals surface area contributed by atoms with Crippen LogP contribution in [0, 0.1) is 18.7 Å². The molecule has 0 saturated heterocycles. The highest BCUT2D eigenvalue weighted by atomic mass is 35.5. The Hall–Kier alpha value is -1.92. The van der Waals surface area contributed by atoms with Gasteiger partial charge in [-0.15, -0.1) is 12.4 Å². The number of carbonyl (C=O) groups excluding carboxylic acids is 1. The number of anilines is 1. The molecule has 2 unspecified atom stereocenters. The van der Waals surface area contributed by atoms with E-state index in [1.54, 1.807) is 24.5 Å². The fourth-order valence-corrected chi connectivity index (χ4v) is 2.81. The van der Waals surface area contributed by atoms with Crippen LogP contribution in [0.2, 0.25) is 0 Å². The lowest BCUT2D eigenvalue weighted by molar-refractivity contribution is -0.119. The number of aromatic nitrogens is 2. The van der Waals surface area contributed by atoms with Crippen molar-refractivity contribution in [1.82, 2.24) is 9.78 Å². The number of rotatable bonds is 3. The van der Waals surface area contributed by atoms with Gasteiger partial charge in [0, 0.05) is 23.8 Å². The van der Waals surface area contributed by atoms with Crippen LogP contribution in [0.15, 0.2) is 30.6 Å². The molecular formula is C16H20ClFN4O. The van der Waals surface area contributed by atoms with E-state index in [1.165, 1.54) is 10.7 Å². The Labute approximate surface area is 140 Å². The summed E-state index contributed by atoms with van der Waals surface area (Å²) >= 11 is 0. The Morgan fingerprint density at radius 3 is 2.78 bits per heavy atom. The number of hydrogen-bond acceptors (Lipinski definition) is 3. The Kier molecular flexibility index (Phi) is 5.38. The topological polar surface area (TPSA) is 72.9 Å². The van der Waals surface area contributed by atoms with Crippen LogP contribution in [0.5, 0.6) is 0 Å². The number of nitrogens with zero attached hydrogens (tertiary/aromatic N) is 2. The summed E-state index contributed by atoms with van der Waals surface area (Å²) in [7, 11) is 0. The van der Waals surface area contributed by atoms with Crippen molar-refractivity contribution < 1.29 is 9.18 Å². The fraction of sp³-hybridized carbons (Fsp3) is 0.375. The Morgan fingerprint density at radius 2 is 2.22 bits per heavy atom. The van der Waals surface area contributed by atoms with Crippen LogP contribution >= 0.6 is 12.4 Å². The molecule has 5 nitrogen and oxygen atoms in total. The van der Waals surface area contributed by atoms with E-state index in [-0.39, 0.29) is 30.3 Å². The second-order valence-electron chi connectivity index (χ2n) is 5.89. The molecule has 23 heavy (non-hydrogen) atoms. The lowest BCUT2D eigenvalue weighted by Crippen LogP contribution is -2.23. The van der Waals surface area contributed by atoms with Crippen molar-refractivity contribution in [3.63, 3.8) is 0 Å². The van der Waals surface area contributed by atoms with E-state index in [0.29, 0.717) is 17.8 Å². The molecule has 3 rings (SSSR count). The molecule has 1 heterocycles. The smallest absolute Gasteiger partial charge is 0.227 e. The molecule has 1 aromatic carbocycles. The average Bonchev–Trinajstić information content (AvgIpc) is 3.08. The molecule has 1 fully saturated rings. The predicted molar refractivity (Wildman–Crippen MR) is 89.5 cm³/mol. The van der Waals surface area contributed by atoms with Gasteiger partial charge in [-0.3, -0.25) is 4.79 Å². The van der Waals surface area contributed by atoms with Crippen LogP contribution in [0.4, 0.5) is 10.1 Å². The van der Waals surface area contributed by atoms with Crippen LogP contribution in [0.3, 0.4) is 0 Å². The molecule has 3 N–H and O–H groups in total. The van der Waals surface area contributed by atoms with Gasteiger partial charge in [0.05, 0.1) is 6.20 Å². The molecule has 0 radical (unpaired) electrons. The molecule has 1 saturated carbocycles. The molecule has 1 amide bonds. The number of amides is 1. The van der Waals surface area contributed by atoms with Crippen LogP contribution in [-0.4, -0.2) is 21.7 Å². The number of benzene rings is 1. The number of nitrogens with two attached hydrogens (primary N) is 1. The summed E-state index contributed by atoms with van der Waals surface area (Å²) in [6.07, 6.45) is 5.76. The second kappa shape index (κ2) is 7.10. The third kappa shape index (κ3) is 3.89. The van der Waals surface area contributed by atoms with Crippen molar-refractivity contribution in [1.29, 1.82) is 0 Å². The Bertz CT molecular complexity index is 703. The van der Waals surface area contributed by atoms with E-state index in [1.807, 2.05) is 6.92 Å². The van der Waals surface area contributed by atoms with Gasteiger partial charge in [0.25, 0.3) is 0 Å². The predicted octanol–water partition coefficient (Wildman–Crippen LogP) is 2.81. The SMILES string of the molecule is Cc1cnn(-c2ccc(NC(=O)C3CCC(N)C3)cc2F)c1.Cl. The number of hydrogen-bond donors (Lipinski definition) is 2. The van der Waals surface area contributed by atoms with E-state index in [0.717, 1.165) is 18.4 Å². The first-order chi connectivity index (χ1) is 10.5. The standard InChI is InChI=1S/C16H19FN4O.ClH/c1-10-8-19-21(9-10)15-5-4-13(7-14(15)17)20-16(22)11-2-3-12(18)6-11;/h4-5,7-9,11-12H,2-3,6,18H2,1H3,(H,20,22);1H. The highest BCUT2D eigenvalue weighted by molar-refractivity contribution is 5.92. The first kappa shape index (κ1) is 17.4. The van der Waals surface area contributed by atoms with E-state index < -0.39 is 5.82 Å². The first-order valence-corrected chi connectivity index (χ1v) is 7.40. The van der Waals surface area contributed by atoms with Gasteiger partial charge < -0.3 is 11.1 Å². The second-order valence-corrected chi connectivity index (χ2v) is 5.89. The highest BCUT2D eigenvalue weighted by Crippen LogP contribution is 2.26. The molecule has 7 heteroatoms. The van der Waals surface area contributed by atoms with Gasteiger partial charge in [0.15, 0.2) is 5.82 Å². The lowest BCUT2D eigenvalue weighted by Gasteiger charge is -2.12. The summed E-state index contributed by atoms with van der Waals surface area (Å²) in [5.74, 6) is -0.592. The Morgan fingerprint density at radius 1 is 1.43 bits per heavy atom. The Balaban J connectivity index is 0.00000192. The molecule has 1 aromatic heterocycles. The quantitative estimate of drug-likeness (QED) is 0.903. The van der Waals surface area contributed by atoms with Crippen molar-refractivity contribution in [2.75, 3.05) is 5.32 Å². The number of carbonyl (C=O) groups is 1. The van der Waals surface area contributed by atoms with Gasteiger partial charge in [0.1, 0.15) is 5.69 Å². The lowest BCUT2D eigenvalue weighted by atomic mass is 10.1. The minimum Gasteiger partial charge on any atom is -0.328 e. The maximum absolute atomic E-state index is 14.2. The van der Waals surface area contributed by atoms with Gasteiger partial charge in [-0.2, -0.15) is 5.10 Å². The first-order valence-electron chi connectivity index (χ1n) is 7.40. The largest absolute Gasteiger partial charge is 0.328 e. The summed E-state index contributed by atoms with van der Waals surface area (Å²) in [5, 5.41) is 6.85. The van der Waals surface area contributed by atoms with Crippen LogP contribution in [0.1, 0.15) is 24.8 Å². The van der Waals surface area contributed by atoms with Crippen molar-refractivity contribution in [2.24, 2.45) is 11.7 Å². The zero-order valence-electron chi connectivity index (χ0n) is 12.8. The summed E-state index contributed by atoms with van der Waals surface area (Å²) in [4.78, 5) is 12.1. The van der Waals surface area contributed by atoms with Gasteiger partial charge in [0.2, 0.25) is 5.91 Å². The van der Waals surface area contributed by atoms with Crippen molar-refractivity contribution in [2.45, 2.75) is 32.2 Å². The van der Waals surface area contributed by atoms with E-state index in [4.69, 9.17) is 5.73 Å². The van der Waals surface area contributed by atoms with E-state index >= 15 is 0 Å². The third-order valence-electron chi connectivity index (χ3n) is 4.02. The van der Waals surface area contributed by atoms with E-state index in [2.05, 4.69) is 10.4 Å². The van der Waals surface area contributed by atoms with Crippen LogP contribution < -0.4 is 11.1 Å². The van der Waals surface area contributed by atoms with E-state index in [9.17, 15) is 9.18 Å². The molecule has 0 bridgehead atoms. The maximum atomic E-state index is 14.2. The monoisotopic (exact) mass is 338 g/mol. The molecule has 2 aromatic rings. The molecule has 0 aliphatic heterocycles. The zero-order chi connectivity index (χ0) is 15.7. The third-order valence-corrected chi connectivity index (χ3v) is 4.02. The number of aryl methyl sites for hydroxylation is 1. The van der Waals surface area contributed by atoms with Gasteiger partial charge >= 0.3 is 0 Å². The summed E-state index contributed by atoms with van der Waals surface area (Å²) in [6, 6.07) is 4.71. The molecule has 1 aliphatic carbocycles. The molecule has 2 atom stereocenters. The number of nitrogens with one attached hydrogen (secondary N) is 1. The van der Waals surface area contributed by atoms with Crippen molar-refractivity contribution in [3.05, 3.63) is 42.0 Å². The fourth-order valence-electron chi connectivity index (χ4n) is 2.81. The molecule has 124 valence electrons. The average molecular weight is 339 g/mol. The zero-order valence-corrected chi connectivity index (χ0v) is 13.6. The maximum Gasteiger partial charge on any atom is 0.227 e. The van der Waals surface area contributed by atoms with Gasteiger partial charge in [-0.1, -0.05) is 0 Å². The van der Waals surface area contributed by atoms with Crippen LogP contribution in [0.25, 0.3) is 5.69 Å².